The predicted octanol–water partition coefficient (Wildman–Crippen LogP) is 2.56. The highest BCUT2D eigenvalue weighted by Crippen LogP contribution is 2.13. The van der Waals surface area contributed by atoms with Crippen molar-refractivity contribution in [2.45, 2.75) is 13.0 Å². The lowest BCUT2D eigenvalue weighted by Gasteiger charge is -2.18. The fraction of sp³-hybridized carbons (Fsp3) is 0.375. The molecule has 0 fully saturated rings. The number of ether oxygens (including phenoxy) is 1. The Hall–Kier alpha value is -2.14. The molecule has 21 heavy (non-hydrogen) atoms. The molecule has 0 unspecified atom stereocenters. The Labute approximate surface area is 126 Å². The van der Waals surface area contributed by atoms with Crippen molar-refractivity contribution in [3.63, 3.8) is 0 Å². The Morgan fingerprint density at radius 3 is 2.76 bits per heavy atom. The fourth-order valence-electron chi connectivity index (χ4n) is 2.00. The smallest absolute Gasteiger partial charge is 0.224 e. The lowest BCUT2D eigenvalue weighted by Crippen LogP contribution is -2.18. The Morgan fingerprint density at radius 2 is 2.00 bits per heavy atom. The van der Waals surface area contributed by atoms with Gasteiger partial charge in [-0.05, 0) is 18.1 Å². The first-order valence-corrected chi connectivity index (χ1v) is 7.10. The lowest BCUT2D eigenvalue weighted by atomic mass is 10.2. The van der Waals surface area contributed by atoms with Crippen molar-refractivity contribution in [3.05, 3.63) is 48.2 Å². The van der Waals surface area contributed by atoms with E-state index in [0.29, 0.717) is 5.95 Å². The van der Waals surface area contributed by atoms with Gasteiger partial charge in [-0.3, -0.25) is 0 Å². The van der Waals surface area contributed by atoms with E-state index >= 15 is 0 Å². The van der Waals surface area contributed by atoms with Crippen LogP contribution in [0.4, 0.5) is 11.8 Å². The highest BCUT2D eigenvalue weighted by molar-refractivity contribution is 5.42. The van der Waals surface area contributed by atoms with Gasteiger partial charge in [0, 0.05) is 40.1 Å². The molecule has 0 saturated carbocycles. The first-order chi connectivity index (χ1) is 10.3. The van der Waals surface area contributed by atoms with Crippen LogP contribution in [0.15, 0.2) is 42.6 Å². The van der Waals surface area contributed by atoms with E-state index in [2.05, 4.69) is 32.3 Å². The summed E-state index contributed by atoms with van der Waals surface area (Å²) >= 11 is 0. The van der Waals surface area contributed by atoms with Crippen LogP contribution in [0.25, 0.3) is 0 Å². The third kappa shape index (κ3) is 5.04. The molecule has 0 spiro atoms. The maximum Gasteiger partial charge on any atom is 0.224 e. The first kappa shape index (κ1) is 15.3. The van der Waals surface area contributed by atoms with Crippen LogP contribution in [0.5, 0.6) is 0 Å². The molecule has 1 N–H and O–H groups in total. The number of benzene rings is 1. The second kappa shape index (κ2) is 8.21. The zero-order valence-corrected chi connectivity index (χ0v) is 12.6. The molecular weight excluding hydrogens is 264 g/mol. The molecule has 2 rings (SSSR count). The van der Waals surface area contributed by atoms with Gasteiger partial charge in [-0.15, -0.1) is 0 Å². The standard InChI is InChI=1S/C16H22N4O/c1-20(13-14-7-4-3-5-8-14)15-9-11-18-16(19-15)17-10-6-12-21-2/h3-5,7-9,11H,6,10,12-13H2,1-2H3,(H,17,18,19). The number of nitrogens with zero attached hydrogens (tertiary/aromatic N) is 3. The van der Waals surface area contributed by atoms with E-state index in [0.717, 1.165) is 31.9 Å². The molecule has 112 valence electrons. The van der Waals surface area contributed by atoms with Gasteiger partial charge in [0.05, 0.1) is 0 Å². The van der Waals surface area contributed by atoms with E-state index in [4.69, 9.17) is 4.74 Å². The highest BCUT2D eigenvalue weighted by atomic mass is 16.5. The summed E-state index contributed by atoms with van der Waals surface area (Å²) in [7, 11) is 3.74. The van der Waals surface area contributed by atoms with Crippen molar-refractivity contribution in [2.75, 3.05) is 37.5 Å². The van der Waals surface area contributed by atoms with Crippen molar-refractivity contribution >= 4 is 11.8 Å². The summed E-state index contributed by atoms with van der Waals surface area (Å²) in [4.78, 5) is 10.9. The Kier molecular flexibility index (Phi) is 5.97. The number of methoxy groups -OCH3 is 1. The third-order valence-corrected chi connectivity index (χ3v) is 3.10. The molecule has 0 radical (unpaired) electrons. The Morgan fingerprint density at radius 1 is 1.19 bits per heavy atom. The zero-order chi connectivity index (χ0) is 14.9. The molecule has 1 heterocycles. The monoisotopic (exact) mass is 286 g/mol. The van der Waals surface area contributed by atoms with Gasteiger partial charge in [-0.1, -0.05) is 30.3 Å². The number of rotatable bonds is 8. The van der Waals surface area contributed by atoms with E-state index < -0.39 is 0 Å². The number of hydrogen-bond donors (Lipinski definition) is 1. The second-order valence-corrected chi connectivity index (χ2v) is 4.85. The minimum absolute atomic E-state index is 0.656. The van der Waals surface area contributed by atoms with Gasteiger partial charge in [0.2, 0.25) is 5.95 Å². The maximum absolute atomic E-state index is 5.02. The summed E-state index contributed by atoms with van der Waals surface area (Å²) in [6.07, 6.45) is 2.71. The zero-order valence-electron chi connectivity index (χ0n) is 12.6. The predicted molar refractivity (Wildman–Crippen MR) is 85.6 cm³/mol. The van der Waals surface area contributed by atoms with Crippen LogP contribution in [-0.2, 0) is 11.3 Å². The summed E-state index contributed by atoms with van der Waals surface area (Å²) in [6, 6.07) is 12.3. The van der Waals surface area contributed by atoms with Gasteiger partial charge in [-0.2, -0.15) is 4.98 Å². The molecule has 0 bridgehead atoms. The van der Waals surface area contributed by atoms with Crippen molar-refractivity contribution in [3.8, 4) is 0 Å². The molecule has 1 aromatic heterocycles. The SMILES string of the molecule is COCCCNc1nccc(N(C)Cc2ccccc2)n1. The average molecular weight is 286 g/mol. The van der Waals surface area contributed by atoms with Crippen molar-refractivity contribution in [1.82, 2.24) is 9.97 Å². The van der Waals surface area contributed by atoms with E-state index in [1.54, 1.807) is 13.3 Å². The quantitative estimate of drug-likeness (QED) is 0.756. The maximum atomic E-state index is 5.02. The van der Waals surface area contributed by atoms with Crippen LogP contribution >= 0.6 is 0 Å². The number of anilines is 2. The van der Waals surface area contributed by atoms with Gasteiger partial charge in [0.1, 0.15) is 5.82 Å². The lowest BCUT2D eigenvalue weighted by molar-refractivity contribution is 0.197. The molecule has 0 atom stereocenters. The van der Waals surface area contributed by atoms with Crippen LogP contribution in [-0.4, -0.2) is 37.3 Å². The molecule has 1 aromatic carbocycles. The summed E-state index contributed by atoms with van der Waals surface area (Å²) in [5.41, 5.74) is 1.26. The van der Waals surface area contributed by atoms with Crippen molar-refractivity contribution in [1.29, 1.82) is 0 Å². The average Bonchev–Trinajstić information content (AvgIpc) is 2.53. The van der Waals surface area contributed by atoms with Gasteiger partial charge in [0.25, 0.3) is 0 Å². The van der Waals surface area contributed by atoms with Crippen molar-refractivity contribution in [2.24, 2.45) is 0 Å². The van der Waals surface area contributed by atoms with Gasteiger partial charge in [0.15, 0.2) is 0 Å². The van der Waals surface area contributed by atoms with Crippen LogP contribution < -0.4 is 10.2 Å². The number of hydrogen-bond acceptors (Lipinski definition) is 5. The molecule has 0 aliphatic rings. The Balaban J connectivity index is 1.93. The Bertz CT molecular complexity index is 533. The van der Waals surface area contributed by atoms with E-state index in [1.165, 1.54) is 5.56 Å². The van der Waals surface area contributed by atoms with Crippen LogP contribution in [0, 0.1) is 0 Å². The van der Waals surface area contributed by atoms with Gasteiger partial charge in [-0.25, -0.2) is 4.98 Å². The normalized spacial score (nSPS) is 10.4. The van der Waals surface area contributed by atoms with E-state index in [-0.39, 0.29) is 0 Å². The number of aromatic nitrogens is 2. The highest BCUT2D eigenvalue weighted by Gasteiger charge is 2.05. The molecule has 0 amide bonds. The second-order valence-electron chi connectivity index (χ2n) is 4.85. The molecular formula is C16H22N4O. The number of nitrogens with one attached hydrogen (secondary N) is 1. The first-order valence-electron chi connectivity index (χ1n) is 7.10. The minimum atomic E-state index is 0.656. The summed E-state index contributed by atoms with van der Waals surface area (Å²) in [6.45, 7) is 2.36. The molecule has 0 aliphatic heterocycles. The van der Waals surface area contributed by atoms with E-state index in [9.17, 15) is 0 Å². The third-order valence-electron chi connectivity index (χ3n) is 3.10. The molecule has 5 nitrogen and oxygen atoms in total. The molecule has 2 aromatic rings. The molecule has 0 aliphatic carbocycles. The fourth-order valence-corrected chi connectivity index (χ4v) is 2.00. The molecule has 0 saturated heterocycles. The van der Waals surface area contributed by atoms with Gasteiger partial charge < -0.3 is 15.0 Å². The largest absolute Gasteiger partial charge is 0.385 e. The molecule has 5 heteroatoms. The van der Waals surface area contributed by atoms with Crippen LogP contribution in [0.2, 0.25) is 0 Å². The van der Waals surface area contributed by atoms with Crippen LogP contribution in [0.3, 0.4) is 0 Å². The van der Waals surface area contributed by atoms with Crippen molar-refractivity contribution < 1.29 is 4.74 Å². The summed E-state index contributed by atoms with van der Waals surface area (Å²) in [5.74, 6) is 1.56. The van der Waals surface area contributed by atoms with Crippen LogP contribution in [0.1, 0.15) is 12.0 Å². The minimum Gasteiger partial charge on any atom is -0.385 e. The van der Waals surface area contributed by atoms with Gasteiger partial charge >= 0.3 is 0 Å². The summed E-state index contributed by atoms with van der Waals surface area (Å²) < 4.78 is 5.02. The topological polar surface area (TPSA) is 50.3 Å². The summed E-state index contributed by atoms with van der Waals surface area (Å²) in [5, 5.41) is 3.21. The van der Waals surface area contributed by atoms with E-state index in [1.807, 2.05) is 31.3 Å².